The predicted molar refractivity (Wildman–Crippen MR) is 84.8 cm³/mol. The molecule has 118 valence electrons. The first kappa shape index (κ1) is 15.1. The van der Waals surface area contributed by atoms with Crippen molar-refractivity contribution in [1.29, 1.82) is 0 Å². The molecule has 2 aliphatic carbocycles. The second kappa shape index (κ2) is 4.58. The van der Waals surface area contributed by atoms with Gasteiger partial charge >= 0.3 is 0 Å². The highest BCUT2D eigenvalue weighted by Gasteiger charge is 2.72. The number of amides is 1. The lowest BCUT2D eigenvalue weighted by Crippen LogP contribution is -2.43. The number of para-hydroxylation sites is 2. The number of nitrogens with one attached hydrogen (secondary N) is 1. The van der Waals surface area contributed by atoms with Crippen LogP contribution in [0.25, 0.3) is 0 Å². The molecule has 0 aromatic heterocycles. The summed E-state index contributed by atoms with van der Waals surface area (Å²) in [5, 5.41) is 3.00. The third-order valence-corrected chi connectivity index (χ3v) is 6.50. The van der Waals surface area contributed by atoms with E-state index in [4.69, 9.17) is 4.74 Å². The largest absolute Gasteiger partial charge is 0.495 e. The summed E-state index contributed by atoms with van der Waals surface area (Å²) >= 11 is 0. The molecule has 0 heterocycles. The lowest BCUT2D eigenvalue weighted by molar-refractivity contribution is -0.131. The van der Waals surface area contributed by atoms with Gasteiger partial charge in [0.05, 0.1) is 18.2 Å². The second-order valence-electron chi connectivity index (χ2n) is 7.29. The zero-order valence-electron chi connectivity index (χ0n) is 13.7. The van der Waals surface area contributed by atoms with Gasteiger partial charge in [0.15, 0.2) is 0 Å². The molecule has 1 aromatic rings. The molecule has 1 amide bonds. The van der Waals surface area contributed by atoms with E-state index in [0.29, 0.717) is 17.9 Å². The first-order valence-electron chi connectivity index (χ1n) is 7.76. The average molecular weight is 301 g/mol. The Kier molecular flexibility index (Phi) is 3.13. The summed E-state index contributed by atoms with van der Waals surface area (Å²) in [4.78, 5) is 25.5. The number of methoxy groups -OCH3 is 1. The third-order valence-electron chi connectivity index (χ3n) is 6.50. The molecule has 0 aliphatic heterocycles. The van der Waals surface area contributed by atoms with E-state index in [-0.39, 0.29) is 22.5 Å². The number of Topliss-reactive ketones (excluding diaryl/α,β-unsaturated/α-hetero) is 1. The van der Waals surface area contributed by atoms with E-state index in [2.05, 4.69) is 19.2 Å². The molecule has 2 fully saturated rings. The molecule has 2 saturated carbocycles. The minimum atomic E-state index is -0.611. The van der Waals surface area contributed by atoms with Crippen molar-refractivity contribution < 1.29 is 14.3 Å². The molecule has 0 saturated heterocycles. The van der Waals surface area contributed by atoms with Crippen LogP contribution in [-0.4, -0.2) is 18.8 Å². The minimum absolute atomic E-state index is 0.0587. The fraction of sp³-hybridized carbons (Fsp3) is 0.556. The summed E-state index contributed by atoms with van der Waals surface area (Å²) in [7, 11) is 1.58. The monoisotopic (exact) mass is 301 g/mol. The van der Waals surface area contributed by atoms with E-state index in [0.717, 1.165) is 12.8 Å². The molecule has 1 aromatic carbocycles. The molecule has 3 rings (SSSR count). The van der Waals surface area contributed by atoms with E-state index in [1.807, 2.05) is 31.2 Å². The topological polar surface area (TPSA) is 55.4 Å². The van der Waals surface area contributed by atoms with Gasteiger partial charge in [-0.2, -0.15) is 0 Å². The van der Waals surface area contributed by atoms with Crippen LogP contribution in [0.15, 0.2) is 24.3 Å². The maximum atomic E-state index is 13.0. The van der Waals surface area contributed by atoms with Crippen LogP contribution < -0.4 is 10.1 Å². The molecule has 0 unspecified atom stereocenters. The first-order chi connectivity index (χ1) is 10.3. The van der Waals surface area contributed by atoms with Crippen LogP contribution in [-0.2, 0) is 9.59 Å². The average Bonchev–Trinajstić information content (AvgIpc) is 2.78. The SMILES string of the molecule is COc1ccccc1NC(=O)[C@]12CC[C@@](C)(C(=O)C1)C2(C)C. The molecule has 2 aliphatic rings. The fourth-order valence-electron chi connectivity index (χ4n) is 4.35. The number of carbonyl (C=O) groups excluding carboxylic acids is 2. The van der Waals surface area contributed by atoms with E-state index in [1.165, 1.54) is 0 Å². The highest BCUT2D eigenvalue weighted by Crippen LogP contribution is 2.70. The van der Waals surface area contributed by atoms with Gasteiger partial charge < -0.3 is 10.1 Å². The number of rotatable bonds is 3. The smallest absolute Gasteiger partial charge is 0.231 e. The Morgan fingerprint density at radius 2 is 1.86 bits per heavy atom. The number of fused-ring (bicyclic) bond motifs is 2. The van der Waals surface area contributed by atoms with Crippen molar-refractivity contribution in [3.05, 3.63) is 24.3 Å². The second-order valence-corrected chi connectivity index (χ2v) is 7.29. The summed E-state index contributed by atoms with van der Waals surface area (Å²) < 4.78 is 5.30. The quantitative estimate of drug-likeness (QED) is 0.930. The zero-order chi connectivity index (χ0) is 16.2. The number of hydrogen-bond donors (Lipinski definition) is 1. The van der Waals surface area contributed by atoms with Crippen molar-refractivity contribution in [1.82, 2.24) is 0 Å². The minimum Gasteiger partial charge on any atom is -0.495 e. The maximum absolute atomic E-state index is 13.0. The maximum Gasteiger partial charge on any atom is 0.231 e. The molecule has 0 spiro atoms. The van der Waals surface area contributed by atoms with Crippen molar-refractivity contribution in [3.8, 4) is 5.75 Å². The van der Waals surface area contributed by atoms with E-state index >= 15 is 0 Å². The van der Waals surface area contributed by atoms with Gasteiger partial charge in [-0.1, -0.05) is 32.9 Å². The Bertz CT molecular complexity index is 651. The summed E-state index contributed by atoms with van der Waals surface area (Å²) in [6, 6.07) is 7.37. The van der Waals surface area contributed by atoms with E-state index in [9.17, 15) is 9.59 Å². The lowest BCUT2D eigenvalue weighted by atomic mass is 9.64. The normalized spacial score (nSPS) is 32.1. The van der Waals surface area contributed by atoms with Crippen molar-refractivity contribution in [2.24, 2.45) is 16.2 Å². The van der Waals surface area contributed by atoms with Crippen LogP contribution in [0.5, 0.6) is 5.75 Å². The van der Waals surface area contributed by atoms with Gasteiger partial charge in [-0.05, 0) is 30.4 Å². The van der Waals surface area contributed by atoms with Crippen LogP contribution in [0.2, 0.25) is 0 Å². The molecule has 22 heavy (non-hydrogen) atoms. The number of carbonyl (C=O) groups is 2. The first-order valence-corrected chi connectivity index (χ1v) is 7.76. The Balaban J connectivity index is 1.95. The number of ketones is 1. The highest BCUT2D eigenvalue weighted by atomic mass is 16.5. The van der Waals surface area contributed by atoms with Gasteiger partial charge in [0, 0.05) is 11.8 Å². The Morgan fingerprint density at radius 1 is 1.18 bits per heavy atom. The van der Waals surface area contributed by atoms with Gasteiger partial charge in [0.2, 0.25) is 5.91 Å². The molecule has 1 N–H and O–H groups in total. The lowest BCUT2D eigenvalue weighted by Gasteiger charge is -2.38. The Hall–Kier alpha value is -1.84. The van der Waals surface area contributed by atoms with Crippen LogP contribution in [0.3, 0.4) is 0 Å². The predicted octanol–water partition coefficient (Wildman–Crippen LogP) is 3.42. The zero-order valence-corrected chi connectivity index (χ0v) is 13.7. The standard InChI is InChI=1S/C18H23NO3/c1-16(2)17(3)9-10-18(16,11-14(17)20)15(21)19-12-7-5-6-8-13(12)22-4/h5-8H,9-11H2,1-4H3,(H,19,21)/t17-,18-/m0/s1. The van der Waals surface area contributed by atoms with E-state index in [1.54, 1.807) is 7.11 Å². The summed E-state index contributed by atoms with van der Waals surface area (Å²) in [5.74, 6) is 0.797. The summed E-state index contributed by atoms with van der Waals surface area (Å²) in [5.41, 5.74) is -0.665. The van der Waals surface area contributed by atoms with Crippen LogP contribution in [0.4, 0.5) is 5.69 Å². The van der Waals surface area contributed by atoms with Crippen LogP contribution in [0.1, 0.15) is 40.0 Å². The number of hydrogen-bond acceptors (Lipinski definition) is 3. The van der Waals surface area contributed by atoms with Gasteiger partial charge in [0.1, 0.15) is 11.5 Å². The molecule has 2 atom stereocenters. The summed E-state index contributed by atoms with van der Waals surface area (Å²) in [6.45, 7) is 6.14. The number of benzene rings is 1. The molecular formula is C18H23NO3. The molecular weight excluding hydrogens is 278 g/mol. The molecule has 0 radical (unpaired) electrons. The van der Waals surface area contributed by atoms with Crippen molar-refractivity contribution >= 4 is 17.4 Å². The number of ether oxygens (including phenoxy) is 1. The summed E-state index contributed by atoms with van der Waals surface area (Å²) in [6.07, 6.45) is 1.90. The van der Waals surface area contributed by atoms with Gasteiger partial charge in [0.25, 0.3) is 0 Å². The molecule has 2 bridgehead atoms. The van der Waals surface area contributed by atoms with Gasteiger partial charge in [-0.25, -0.2) is 0 Å². The highest BCUT2D eigenvalue weighted by molar-refractivity contribution is 6.05. The Labute approximate surface area is 131 Å². The van der Waals surface area contributed by atoms with Crippen LogP contribution >= 0.6 is 0 Å². The third kappa shape index (κ3) is 1.64. The molecule has 4 heteroatoms. The van der Waals surface area contributed by atoms with Crippen molar-refractivity contribution in [3.63, 3.8) is 0 Å². The van der Waals surface area contributed by atoms with Gasteiger partial charge in [-0.15, -0.1) is 0 Å². The Morgan fingerprint density at radius 3 is 2.41 bits per heavy atom. The van der Waals surface area contributed by atoms with Gasteiger partial charge in [-0.3, -0.25) is 9.59 Å². The number of anilines is 1. The van der Waals surface area contributed by atoms with Crippen molar-refractivity contribution in [2.45, 2.75) is 40.0 Å². The van der Waals surface area contributed by atoms with Crippen LogP contribution in [0, 0.1) is 16.2 Å². The fourth-order valence-corrected chi connectivity index (χ4v) is 4.35. The van der Waals surface area contributed by atoms with E-state index < -0.39 is 5.41 Å². The molecule has 4 nitrogen and oxygen atoms in total. The van der Waals surface area contributed by atoms with Crippen molar-refractivity contribution in [2.75, 3.05) is 12.4 Å².